The maximum absolute atomic E-state index is 5.77. The van der Waals surface area contributed by atoms with Crippen LogP contribution < -0.4 is 5.32 Å². The Morgan fingerprint density at radius 1 is 1.50 bits per heavy atom. The molecule has 8 heteroatoms. The number of hydrogen-bond acceptors (Lipinski definition) is 7. The van der Waals surface area contributed by atoms with Gasteiger partial charge >= 0.3 is 0 Å². The van der Waals surface area contributed by atoms with Crippen LogP contribution in [0.3, 0.4) is 0 Å². The molecule has 0 aromatic carbocycles. The molecule has 1 N–H and O–H groups in total. The average Bonchev–Trinajstić information content (AvgIpc) is 3.22. The lowest BCUT2D eigenvalue weighted by atomic mass is 10.2. The molecule has 1 aliphatic heterocycles. The Bertz CT molecular complexity index is 606. The maximum atomic E-state index is 5.77. The van der Waals surface area contributed by atoms with Crippen LogP contribution in [0.4, 0.5) is 0 Å². The molecule has 0 spiro atoms. The van der Waals surface area contributed by atoms with E-state index in [-0.39, 0.29) is 6.10 Å². The van der Waals surface area contributed by atoms with Gasteiger partial charge in [0, 0.05) is 17.2 Å². The topological polar surface area (TPSA) is 64.9 Å². The molecule has 1 atom stereocenters. The third-order valence-corrected chi connectivity index (χ3v) is 5.50. The number of aryl methyl sites for hydroxylation is 1. The second-order valence-electron chi connectivity index (χ2n) is 5.32. The minimum absolute atomic E-state index is 0.284. The van der Waals surface area contributed by atoms with Crippen molar-refractivity contribution in [3.63, 3.8) is 0 Å². The molecule has 0 radical (unpaired) electrons. The Morgan fingerprint density at radius 2 is 2.41 bits per heavy atom. The number of nitrogens with zero attached hydrogens (tertiary/aromatic N) is 4. The van der Waals surface area contributed by atoms with Gasteiger partial charge in [0.25, 0.3) is 0 Å². The van der Waals surface area contributed by atoms with Crippen molar-refractivity contribution < 1.29 is 4.74 Å². The first-order chi connectivity index (χ1) is 10.8. The predicted octanol–water partition coefficient (Wildman–Crippen LogP) is 2.23. The van der Waals surface area contributed by atoms with E-state index in [1.807, 2.05) is 12.6 Å². The first-order valence-corrected chi connectivity index (χ1v) is 9.34. The molecule has 22 heavy (non-hydrogen) atoms. The molecule has 3 rings (SSSR count). The summed E-state index contributed by atoms with van der Waals surface area (Å²) in [5, 5.41) is 12.8. The summed E-state index contributed by atoms with van der Waals surface area (Å²) in [5.41, 5.74) is 3.03. The quantitative estimate of drug-likeness (QED) is 0.781. The van der Waals surface area contributed by atoms with Crippen molar-refractivity contribution in [3.8, 4) is 0 Å². The van der Waals surface area contributed by atoms with Gasteiger partial charge in [0.2, 0.25) is 0 Å². The molecule has 1 aliphatic rings. The van der Waals surface area contributed by atoms with E-state index < -0.39 is 0 Å². The van der Waals surface area contributed by atoms with Crippen LogP contribution in [0, 0.1) is 6.92 Å². The second kappa shape index (κ2) is 7.54. The van der Waals surface area contributed by atoms with Crippen molar-refractivity contribution in [2.75, 3.05) is 13.7 Å². The average molecular weight is 339 g/mol. The molecule has 0 amide bonds. The summed E-state index contributed by atoms with van der Waals surface area (Å²) in [6.07, 6.45) is 2.55. The highest BCUT2D eigenvalue weighted by Crippen LogP contribution is 2.25. The molecular weight excluding hydrogens is 318 g/mol. The summed E-state index contributed by atoms with van der Waals surface area (Å²) in [7, 11) is 1.93. The second-order valence-corrected chi connectivity index (χ2v) is 7.32. The number of hydrogen-bond donors (Lipinski definition) is 1. The van der Waals surface area contributed by atoms with Crippen LogP contribution in [0.15, 0.2) is 10.7 Å². The summed E-state index contributed by atoms with van der Waals surface area (Å²) in [6, 6.07) is 0. The SMILES string of the molecule is CNCc1nnc(SCc2ncsc2C)n1C[C@H]1CCCO1. The number of thiazole rings is 1. The molecule has 1 saturated heterocycles. The van der Waals surface area contributed by atoms with Gasteiger partial charge in [-0.25, -0.2) is 4.98 Å². The lowest BCUT2D eigenvalue weighted by molar-refractivity contribution is 0.0941. The third kappa shape index (κ3) is 3.68. The third-order valence-electron chi connectivity index (χ3n) is 3.72. The lowest BCUT2D eigenvalue weighted by Gasteiger charge is -2.14. The van der Waals surface area contributed by atoms with E-state index in [4.69, 9.17) is 4.74 Å². The number of nitrogens with one attached hydrogen (secondary N) is 1. The predicted molar refractivity (Wildman–Crippen MR) is 88.2 cm³/mol. The molecule has 2 aromatic heterocycles. The van der Waals surface area contributed by atoms with E-state index in [1.54, 1.807) is 23.1 Å². The first kappa shape index (κ1) is 15.9. The van der Waals surface area contributed by atoms with Gasteiger partial charge in [-0.1, -0.05) is 11.8 Å². The molecular formula is C14H21N5OS2. The zero-order valence-corrected chi connectivity index (χ0v) is 14.5. The van der Waals surface area contributed by atoms with Crippen molar-refractivity contribution >= 4 is 23.1 Å². The largest absolute Gasteiger partial charge is 0.376 e. The van der Waals surface area contributed by atoms with Gasteiger partial charge in [-0.3, -0.25) is 0 Å². The van der Waals surface area contributed by atoms with Crippen LogP contribution in [0.1, 0.15) is 29.2 Å². The fourth-order valence-corrected chi connectivity index (χ4v) is 4.17. The molecule has 0 unspecified atom stereocenters. The summed E-state index contributed by atoms with van der Waals surface area (Å²) in [4.78, 5) is 5.68. The van der Waals surface area contributed by atoms with Gasteiger partial charge in [0.05, 0.1) is 30.4 Å². The number of thioether (sulfide) groups is 1. The van der Waals surface area contributed by atoms with E-state index in [1.165, 1.54) is 4.88 Å². The molecule has 120 valence electrons. The van der Waals surface area contributed by atoms with Gasteiger partial charge in [-0.15, -0.1) is 21.5 Å². The summed E-state index contributed by atoms with van der Waals surface area (Å²) in [6.45, 7) is 4.53. The normalized spacial score (nSPS) is 18.2. The van der Waals surface area contributed by atoms with Crippen LogP contribution in [0.5, 0.6) is 0 Å². The summed E-state index contributed by atoms with van der Waals surface area (Å²) >= 11 is 3.39. The Labute approximate surface area is 138 Å². The van der Waals surface area contributed by atoms with Crippen LogP contribution >= 0.6 is 23.1 Å². The number of aromatic nitrogens is 4. The molecule has 0 aliphatic carbocycles. The van der Waals surface area contributed by atoms with Gasteiger partial charge in [0.15, 0.2) is 5.16 Å². The van der Waals surface area contributed by atoms with Gasteiger partial charge in [-0.2, -0.15) is 0 Å². The first-order valence-electron chi connectivity index (χ1n) is 7.48. The molecule has 2 aromatic rings. The molecule has 0 bridgehead atoms. The zero-order chi connectivity index (χ0) is 15.4. The van der Waals surface area contributed by atoms with Crippen molar-refractivity contribution in [1.29, 1.82) is 0 Å². The summed E-state index contributed by atoms with van der Waals surface area (Å²) < 4.78 is 7.96. The van der Waals surface area contributed by atoms with Crippen LogP contribution in [-0.2, 0) is 23.6 Å². The highest BCUT2D eigenvalue weighted by Gasteiger charge is 2.21. The molecule has 6 nitrogen and oxygen atoms in total. The molecule has 1 fully saturated rings. The van der Waals surface area contributed by atoms with Gasteiger partial charge in [0.1, 0.15) is 5.82 Å². The Morgan fingerprint density at radius 3 is 3.09 bits per heavy atom. The zero-order valence-electron chi connectivity index (χ0n) is 12.9. The minimum atomic E-state index is 0.284. The minimum Gasteiger partial charge on any atom is -0.376 e. The molecule has 0 saturated carbocycles. The molecule has 3 heterocycles. The fourth-order valence-electron chi connectivity index (χ4n) is 2.49. The Hall–Kier alpha value is -0.960. The smallest absolute Gasteiger partial charge is 0.191 e. The monoisotopic (exact) mass is 339 g/mol. The Kier molecular flexibility index (Phi) is 5.46. The van der Waals surface area contributed by atoms with Gasteiger partial charge in [-0.05, 0) is 26.8 Å². The number of ether oxygens (including phenoxy) is 1. The van der Waals surface area contributed by atoms with E-state index in [9.17, 15) is 0 Å². The Balaban J connectivity index is 1.72. The standard InChI is InChI=1S/C14H21N5OS2/c1-10-12(16-9-22-10)8-21-14-18-17-13(6-15-2)19(14)7-11-4-3-5-20-11/h9,11,15H,3-8H2,1-2H3/t11-/m1/s1. The van der Waals surface area contributed by atoms with Crippen LogP contribution in [0.25, 0.3) is 0 Å². The van der Waals surface area contributed by atoms with Crippen LogP contribution in [0.2, 0.25) is 0 Å². The fraction of sp³-hybridized carbons (Fsp3) is 0.643. The van der Waals surface area contributed by atoms with Crippen molar-refractivity contribution in [2.24, 2.45) is 0 Å². The lowest BCUT2D eigenvalue weighted by Crippen LogP contribution is -2.20. The van der Waals surface area contributed by atoms with E-state index in [0.29, 0.717) is 0 Å². The number of rotatable bonds is 7. The van der Waals surface area contributed by atoms with Crippen molar-refractivity contribution in [3.05, 3.63) is 21.9 Å². The highest BCUT2D eigenvalue weighted by atomic mass is 32.2. The van der Waals surface area contributed by atoms with E-state index in [0.717, 1.165) is 55.0 Å². The summed E-state index contributed by atoms with van der Waals surface area (Å²) in [5.74, 6) is 1.80. The van der Waals surface area contributed by atoms with E-state index in [2.05, 4.69) is 32.0 Å². The van der Waals surface area contributed by atoms with E-state index >= 15 is 0 Å². The van der Waals surface area contributed by atoms with Crippen molar-refractivity contribution in [1.82, 2.24) is 25.1 Å². The highest BCUT2D eigenvalue weighted by molar-refractivity contribution is 7.98. The van der Waals surface area contributed by atoms with Crippen molar-refractivity contribution in [2.45, 2.75) is 49.9 Å². The maximum Gasteiger partial charge on any atom is 0.191 e. The van der Waals surface area contributed by atoms with Gasteiger partial charge < -0.3 is 14.6 Å². The van der Waals surface area contributed by atoms with Crippen LogP contribution in [-0.4, -0.2) is 39.5 Å².